The van der Waals surface area contributed by atoms with Crippen molar-refractivity contribution < 1.29 is 19.4 Å². The molecule has 0 spiro atoms. The molecule has 0 radical (unpaired) electrons. The van der Waals surface area contributed by atoms with Gasteiger partial charge in [0.2, 0.25) is 0 Å². The number of carbonyl (C=O) groups excluding carboxylic acids is 2. The Morgan fingerprint density at radius 2 is 1.79 bits per heavy atom. The Morgan fingerprint density at radius 1 is 1.11 bits per heavy atom. The van der Waals surface area contributed by atoms with E-state index in [9.17, 15) is 14.7 Å². The minimum absolute atomic E-state index is 0.0327. The monoisotopic (exact) mass is 388 g/mol. The number of hydrogen-bond acceptors (Lipinski definition) is 4. The number of carbonyl (C=O) groups is 2. The van der Waals surface area contributed by atoms with E-state index >= 15 is 0 Å². The molecular weight excluding hydrogens is 352 g/mol. The molecule has 4 aliphatic rings. The molecule has 4 aliphatic carbocycles. The second kappa shape index (κ2) is 5.93. The topological polar surface area (TPSA) is 63.6 Å². The van der Waals surface area contributed by atoms with Gasteiger partial charge in [-0.2, -0.15) is 0 Å². The van der Waals surface area contributed by atoms with Gasteiger partial charge in [0.25, 0.3) is 0 Å². The number of aliphatic hydroxyl groups excluding tert-OH is 1. The smallest absolute Gasteiger partial charge is 0.302 e. The Bertz CT molecular complexity index is 739. The standard InChI is InChI=1S/C24H36O4/c1-14(25)28-16-13-18-22(4)11-10-19(26)21(2,3)17(22)9-12-23(18,5)24(6)15(16)7-8-20(24)27/h7-8,15-19,26H,9-13H2,1-6H3/t15-,16+,17-,18+,19-,22-,23+,24-/m0/s1. The first-order valence-electron chi connectivity index (χ1n) is 11.0. The first kappa shape index (κ1) is 20.1. The number of ether oxygens (including phenoxy) is 1. The fourth-order valence-electron chi connectivity index (χ4n) is 8.28. The van der Waals surface area contributed by atoms with Gasteiger partial charge >= 0.3 is 5.97 Å². The van der Waals surface area contributed by atoms with Crippen LogP contribution in [-0.2, 0) is 14.3 Å². The second-order valence-electron chi connectivity index (χ2n) is 11.3. The molecule has 1 N–H and O–H groups in total. The van der Waals surface area contributed by atoms with E-state index in [1.807, 2.05) is 6.08 Å². The third-order valence-electron chi connectivity index (χ3n) is 10.0. The van der Waals surface area contributed by atoms with E-state index < -0.39 is 5.41 Å². The number of aliphatic hydroxyl groups is 1. The molecule has 156 valence electrons. The van der Waals surface area contributed by atoms with Gasteiger partial charge in [0.15, 0.2) is 5.78 Å². The van der Waals surface area contributed by atoms with E-state index in [1.54, 1.807) is 6.08 Å². The Kier molecular flexibility index (Phi) is 4.26. The zero-order valence-electron chi connectivity index (χ0n) is 18.2. The molecule has 3 fully saturated rings. The van der Waals surface area contributed by atoms with Gasteiger partial charge in [0.1, 0.15) is 6.10 Å². The molecule has 4 rings (SSSR count). The van der Waals surface area contributed by atoms with Gasteiger partial charge in [-0.1, -0.05) is 40.7 Å². The van der Waals surface area contributed by atoms with Crippen molar-refractivity contribution in [3.63, 3.8) is 0 Å². The number of rotatable bonds is 1. The largest absolute Gasteiger partial charge is 0.462 e. The van der Waals surface area contributed by atoms with Crippen LogP contribution in [0.1, 0.15) is 73.6 Å². The average Bonchev–Trinajstić information content (AvgIpc) is 2.90. The Hall–Kier alpha value is -1.16. The van der Waals surface area contributed by atoms with Crippen LogP contribution in [0, 0.1) is 39.4 Å². The zero-order valence-corrected chi connectivity index (χ0v) is 18.2. The maximum atomic E-state index is 13.2. The SMILES string of the molecule is CC(=O)O[C@@H]1C[C@@H]2[C@@]3(C)CC[C@H](O)C(C)(C)[C@@H]3CC[C@@]2(C)[C@]2(C)C(=O)C=C[C@@H]12. The van der Waals surface area contributed by atoms with Crippen molar-refractivity contribution in [3.05, 3.63) is 12.2 Å². The summed E-state index contributed by atoms with van der Waals surface area (Å²) in [6.07, 6.45) is 7.83. The van der Waals surface area contributed by atoms with Crippen LogP contribution < -0.4 is 0 Å². The summed E-state index contributed by atoms with van der Waals surface area (Å²) in [5, 5.41) is 10.7. The minimum atomic E-state index is -0.524. The van der Waals surface area contributed by atoms with E-state index in [4.69, 9.17) is 4.74 Å². The number of esters is 1. The highest BCUT2D eigenvalue weighted by Crippen LogP contribution is 2.73. The van der Waals surface area contributed by atoms with E-state index in [0.29, 0.717) is 11.8 Å². The highest BCUT2D eigenvalue weighted by molar-refractivity contribution is 5.98. The zero-order chi connectivity index (χ0) is 20.7. The van der Waals surface area contributed by atoms with Crippen LogP contribution in [0.4, 0.5) is 0 Å². The molecule has 0 amide bonds. The molecule has 0 aromatic heterocycles. The lowest BCUT2D eigenvalue weighted by molar-refractivity contribution is -0.234. The summed E-state index contributed by atoms with van der Waals surface area (Å²) in [6, 6.07) is 0. The normalized spacial score (nSPS) is 51.8. The Labute approximate surface area is 169 Å². The first-order chi connectivity index (χ1) is 12.9. The van der Waals surface area contributed by atoms with Crippen molar-refractivity contribution in [1.29, 1.82) is 0 Å². The first-order valence-corrected chi connectivity index (χ1v) is 11.0. The van der Waals surface area contributed by atoms with Crippen LogP contribution in [0.3, 0.4) is 0 Å². The highest BCUT2D eigenvalue weighted by Gasteiger charge is 2.71. The number of allylic oxidation sites excluding steroid dienone is 1. The maximum Gasteiger partial charge on any atom is 0.302 e. The molecular formula is C24H36O4. The number of fused-ring (bicyclic) bond motifs is 5. The Balaban J connectivity index is 1.82. The van der Waals surface area contributed by atoms with Crippen molar-refractivity contribution in [2.45, 2.75) is 85.9 Å². The molecule has 0 aliphatic heterocycles. The fourth-order valence-corrected chi connectivity index (χ4v) is 8.28. The lowest BCUT2D eigenvalue weighted by Crippen LogP contribution is -2.67. The molecule has 4 heteroatoms. The van der Waals surface area contributed by atoms with Crippen LogP contribution in [-0.4, -0.2) is 29.1 Å². The van der Waals surface area contributed by atoms with Crippen molar-refractivity contribution >= 4 is 11.8 Å². The van der Waals surface area contributed by atoms with Gasteiger partial charge in [-0.05, 0) is 66.3 Å². The molecule has 0 heterocycles. The van der Waals surface area contributed by atoms with Crippen molar-refractivity contribution in [2.75, 3.05) is 0 Å². The van der Waals surface area contributed by atoms with Crippen LogP contribution in [0.5, 0.6) is 0 Å². The average molecular weight is 389 g/mol. The summed E-state index contributed by atoms with van der Waals surface area (Å²) in [6.45, 7) is 12.7. The Morgan fingerprint density at radius 3 is 2.43 bits per heavy atom. The van der Waals surface area contributed by atoms with Crippen LogP contribution in [0.25, 0.3) is 0 Å². The molecule has 0 unspecified atom stereocenters. The van der Waals surface area contributed by atoms with Gasteiger partial charge in [0, 0.05) is 18.3 Å². The molecule has 0 saturated heterocycles. The summed E-state index contributed by atoms with van der Waals surface area (Å²) in [5.74, 6) is 0.594. The van der Waals surface area contributed by atoms with Crippen molar-refractivity contribution in [1.82, 2.24) is 0 Å². The third kappa shape index (κ3) is 2.27. The lowest BCUT2D eigenvalue weighted by Gasteiger charge is -2.69. The van der Waals surface area contributed by atoms with E-state index in [1.165, 1.54) is 6.92 Å². The van der Waals surface area contributed by atoms with E-state index in [-0.39, 0.29) is 46.1 Å². The van der Waals surface area contributed by atoms with Crippen LogP contribution in [0.15, 0.2) is 12.2 Å². The third-order valence-corrected chi connectivity index (χ3v) is 10.0. The quantitative estimate of drug-likeness (QED) is 0.680. The predicted molar refractivity (Wildman–Crippen MR) is 107 cm³/mol. The van der Waals surface area contributed by atoms with E-state index in [0.717, 1.165) is 32.1 Å². The molecule has 0 bridgehead atoms. The molecule has 8 atom stereocenters. The van der Waals surface area contributed by atoms with Crippen LogP contribution >= 0.6 is 0 Å². The van der Waals surface area contributed by atoms with Crippen molar-refractivity contribution in [2.24, 2.45) is 39.4 Å². The van der Waals surface area contributed by atoms with Crippen LogP contribution in [0.2, 0.25) is 0 Å². The number of ketones is 1. The predicted octanol–water partition coefficient (Wildman–Crippen LogP) is 4.30. The van der Waals surface area contributed by atoms with Gasteiger partial charge in [-0.25, -0.2) is 0 Å². The second-order valence-corrected chi connectivity index (χ2v) is 11.3. The van der Waals surface area contributed by atoms with Gasteiger partial charge in [0.05, 0.1) is 6.10 Å². The fraction of sp³-hybridized carbons (Fsp3) is 0.833. The summed E-state index contributed by atoms with van der Waals surface area (Å²) in [5.41, 5.74) is -0.755. The lowest BCUT2D eigenvalue weighted by atomic mass is 9.35. The van der Waals surface area contributed by atoms with Gasteiger partial charge in [-0.3, -0.25) is 9.59 Å². The highest BCUT2D eigenvalue weighted by atomic mass is 16.5. The van der Waals surface area contributed by atoms with Crippen molar-refractivity contribution in [3.8, 4) is 0 Å². The molecule has 0 aromatic carbocycles. The summed E-state index contributed by atoms with van der Waals surface area (Å²) < 4.78 is 5.82. The maximum absolute atomic E-state index is 13.2. The summed E-state index contributed by atoms with van der Waals surface area (Å²) >= 11 is 0. The summed E-state index contributed by atoms with van der Waals surface area (Å²) in [7, 11) is 0. The molecule has 4 nitrogen and oxygen atoms in total. The molecule has 28 heavy (non-hydrogen) atoms. The van der Waals surface area contributed by atoms with Gasteiger partial charge < -0.3 is 9.84 Å². The van der Waals surface area contributed by atoms with Gasteiger partial charge in [-0.15, -0.1) is 0 Å². The molecule has 3 saturated carbocycles. The molecule has 0 aromatic rings. The minimum Gasteiger partial charge on any atom is -0.462 e. The van der Waals surface area contributed by atoms with E-state index in [2.05, 4.69) is 34.6 Å². The number of hydrogen-bond donors (Lipinski definition) is 1. The summed E-state index contributed by atoms with van der Waals surface area (Å²) in [4.78, 5) is 25.1.